The van der Waals surface area contributed by atoms with E-state index in [0.717, 1.165) is 10.9 Å². The first-order valence-electron chi connectivity index (χ1n) is 8.80. The second-order valence-electron chi connectivity index (χ2n) is 6.25. The van der Waals surface area contributed by atoms with Crippen molar-refractivity contribution in [3.8, 4) is 11.6 Å². The van der Waals surface area contributed by atoms with Crippen molar-refractivity contribution in [1.82, 2.24) is 15.3 Å². The van der Waals surface area contributed by atoms with Gasteiger partial charge in [0.15, 0.2) is 0 Å². The minimum Gasteiger partial charge on any atom is -0.439 e. The molecule has 0 unspecified atom stereocenters. The number of pyridine rings is 2. The number of carbonyl (C=O) groups excluding carboxylic acids is 1. The Labute approximate surface area is 171 Å². The van der Waals surface area contributed by atoms with E-state index in [0.29, 0.717) is 22.7 Å². The molecule has 1 amide bonds. The Hall–Kier alpha value is -3.51. The molecule has 2 heterocycles. The molecule has 0 radical (unpaired) electrons. The minimum absolute atomic E-state index is 0.257. The number of nitrogens with one attached hydrogen (secondary N) is 1. The maximum atomic E-state index is 13.0. The molecular weight excluding hydrogens is 393 g/mol. The zero-order valence-electron chi connectivity index (χ0n) is 15.1. The van der Waals surface area contributed by atoms with Crippen molar-refractivity contribution in [3.63, 3.8) is 0 Å². The van der Waals surface area contributed by atoms with Crippen LogP contribution in [0.15, 0.2) is 72.9 Å². The smallest absolute Gasteiger partial charge is 0.252 e. The van der Waals surface area contributed by atoms with Gasteiger partial charge in [-0.3, -0.25) is 4.79 Å². The van der Waals surface area contributed by atoms with Gasteiger partial charge < -0.3 is 10.1 Å². The number of halogens is 2. The van der Waals surface area contributed by atoms with E-state index in [1.165, 1.54) is 24.3 Å². The number of aromatic nitrogens is 2. The Morgan fingerprint density at radius 2 is 1.86 bits per heavy atom. The topological polar surface area (TPSA) is 64.1 Å². The molecular formula is C22H15ClFN3O2. The highest BCUT2D eigenvalue weighted by Crippen LogP contribution is 2.22. The molecule has 2 aromatic heterocycles. The number of carbonyl (C=O) groups is 1. The number of ether oxygens (including phenoxy) is 1. The van der Waals surface area contributed by atoms with Crippen LogP contribution >= 0.6 is 11.6 Å². The summed E-state index contributed by atoms with van der Waals surface area (Å²) in [4.78, 5) is 21.1. The Morgan fingerprint density at radius 3 is 2.69 bits per heavy atom. The summed E-state index contributed by atoms with van der Waals surface area (Å²) < 4.78 is 18.6. The lowest BCUT2D eigenvalue weighted by atomic mass is 10.1. The normalized spacial score (nSPS) is 10.7. The summed E-state index contributed by atoms with van der Waals surface area (Å²) >= 11 is 6.05. The van der Waals surface area contributed by atoms with E-state index in [4.69, 9.17) is 16.3 Å². The number of rotatable bonds is 5. The largest absolute Gasteiger partial charge is 0.439 e. The average Bonchev–Trinajstić information content (AvgIpc) is 2.73. The molecule has 29 heavy (non-hydrogen) atoms. The fraction of sp³-hybridized carbons (Fsp3) is 0.0455. The summed E-state index contributed by atoms with van der Waals surface area (Å²) in [6, 6.07) is 18.0. The van der Waals surface area contributed by atoms with Gasteiger partial charge >= 0.3 is 0 Å². The van der Waals surface area contributed by atoms with Crippen molar-refractivity contribution in [2.75, 3.05) is 0 Å². The molecule has 0 aliphatic carbocycles. The molecule has 0 fully saturated rings. The monoisotopic (exact) mass is 407 g/mol. The van der Waals surface area contributed by atoms with Gasteiger partial charge in [-0.1, -0.05) is 29.8 Å². The van der Waals surface area contributed by atoms with E-state index in [2.05, 4.69) is 15.3 Å². The van der Waals surface area contributed by atoms with Gasteiger partial charge in [0.2, 0.25) is 5.88 Å². The highest BCUT2D eigenvalue weighted by Gasteiger charge is 2.12. The SMILES string of the molecule is O=C(NCc1ccnc(Oc2ccc(F)cc2)c1)c1cc(Cl)nc2ccccc12. The van der Waals surface area contributed by atoms with Crippen molar-refractivity contribution in [2.24, 2.45) is 0 Å². The molecule has 0 aliphatic rings. The fourth-order valence-electron chi connectivity index (χ4n) is 2.85. The first kappa shape index (κ1) is 18.8. The van der Waals surface area contributed by atoms with E-state index in [1.54, 1.807) is 30.5 Å². The maximum Gasteiger partial charge on any atom is 0.252 e. The highest BCUT2D eigenvalue weighted by atomic mass is 35.5. The van der Waals surface area contributed by atoms with E-state index in [1.807, 2.05) is 18.2 Å². The van der Waals surface area contributed by atoms with Crippen LogP contribution < -0.4 is 10.1 Å². The zero-order chi connectivity index (χ0) is 20.2. The molecule has 1 N–H and O–H groups in total. The number of benzene rings is 2. The Bertz CT molecular complexity index is 1180. The third kappa shape index (κ3) is 4.50. The van der Waals surface area contributed by atoms with Gasteiger partial charge in [0.05, 0.1) is 11.1 Å². The van der Waals surface area contributed by atoms with Gasteiger partial charge in [0, 0.05) is 24.2 Å². The van der Waals surface area contributed by atoms with E-state index in [9.17, 15) is 9.18 Å². The van der Waals surface area contributed by atoms with Crippen LogP contribution in [0, 0.1) is 5.82 Å². The summed E-state index contributed by atoms with van der Waals surface area (Å²) in [7, 11) is 0. The quantitative estimate of drug-likeness (QED) is 0.465. The molecule has 4 aromatic rings. The maximum absolute atomic E-state index is 13.0. The van der Waals surface area contributed by atoms with Gasteiger partial charge in [-0.2, -0.15) is 0 Å². The van der Waals surface area contributed by atoms with Crippen molar-refractivity contribution in [3.05, 3.63) is 95.0 Å². The lowest BCUT2D eigenvalue weighted by molar-refractivity contribution is 0.0952. The summed E-state index contributed by atoms with van der Waals surface area (Å²) in [5.74, 6) is 0.215. The van der Waals surface area contributed by atoms with Gasteiger partial charge in [-0.25, -0.2) is 14.4 Å². The Balaban J connectivity index is 1.48. The van der Waals surface area contributed by atoms with E-state index >= 15 is 0 Å². The molecule has 0 bridgehead atoms. The predicted molar refractivity (Wildman–Crippen MR) is 109 cm³/mol. The lowest BCUT2D eigenvalue weighted by Gasteiger charge is -2.10. The molecule has 4 rings (SSSR count). The van der Waals surface area contributed by atoms with Gasteiger partial charge in [-0.15, -0.1) is 0 Å². The van der Waals surface area contributed by atoms with E-state index in [-0.39, 0.29) is 23.4 Å². The third-order valence-corrected chi connectivity index (χ3v) is 4.41. The number of nitrogens with zero attached hydrogens (tertiary/aromatic N) is 2. The van der Waals surface area contributed by atoms with Crippen molar-refractivity contribution >= 4 is 28.4 Å². The molecule has 5 nitrogen and oxygen atoms in total. The number of amides is 1. The first-order chi connectivity index (χ1) is 14.1. The van der Waals surface area contributed by atoms with Crippen LogP contribution in [0.2, 0.25) is 5.15 Å². The van der Waals surface area contributed by atoms with Crippen molar-refractivity contribution in [2.45, 2.75) is 6.54 Å². The predicted octanol–water partition coefficient (Wildman–Crippen LogP) is 5.14. The number of hydrogen-bond acceptors (Lipinski definition) is 4. The van der Waals surface area contributed by atoms with Crippen LogP contribution in [0.4, 0.5) is 4.39 Å². The average molecular weight is 408 g/mol. The summed E-state index contributed by atoms with van der Waals surface area (Å²) in [5.41, 5.74) is 1.91. The lowest BCUT2D eigenvalue weighted by Crippen LogP contribution is -2.23. The molecule has 0 aliphatic heterocycles. The molecule has 0 spiro atoms. The van der Waals surface area contributed by atoms with Crippen LogP contribution in [0.5, 0.6) is 11.6 Å². The van der Waals surface area contributed by atoms with E-state index < -0.39 is 0 Å². The third-order valence-electron chi connectivity index (χ3n) is 4.22. The highest BCUT2D eigenvalue weighted by molar-refractivity contribution is 6.30. The minimum atomic E-state index is -0.342. The number of para-hydroxylation sites is 1. The number of hydrogen-bond donors (Lipinski definition) is 1. The molecule has 144 valence electrons. The number of fused-ring (bicyclic) bond motifs is 1. The van der Waals surface area contributed by atoms with Gasteiger partial charge in [0.1, 0.15) is 16.7 Å². The molecule has 0 atom stereocenters. The molecule has 0 saturated carbocycles. The molecule has 2 aromatic carbocycles. The first-order valence-corrected chi connectivity index (χ1v) is 9.18. The second kappa shape index (κ2) is 8.24. The van der Waals surface area contributed by atoms with Crippen LogP contribution in [-0.4, -0.2) is 15.9 Å². The van der Waals surface area contributed by atoms with Gasteiger partial charge in [0.25, 0.3) is 5.91 Å². The van der Waals surface area contributed by atoms with Crippen LogP contribution in [0.1, 0.15) is 15.9 Å². The Morgan fingerprint density at radius 1 is 1.07 bits per heavy atom. The zero-order valence-corrected chi connectivity index (χ0v) is 15.9. The standard InChI is InChI=1S/C22H15ClFN3O2/c23-20-12-18(17-3-1-2-4-19(17)27-20)22(28)26-13-14-9-10-25-21(11-14)29-16-7-5-15(24)6-8-16/h1-12H,13H2,(H,26,28). The van der Waals surface area contributed by atoms with Crippen LogP contribution in [0.3, 0.4) is 0 Å². The summed E-state index contributed by atoms with van der Waals surface area (Å²) in [5, 5.41) is 3.86. The van der Waals surface area contributed by atoms with Crippen molar-refractivity contribution < 1.29 is 13.9 Å². The Kier molecular flexibility index (Phi) is 5.35. The second-order valence-corrected chi connectivity index (χ2v) is 6.64. The molecule has 7 heteroatoms. The van der Waals surface area contributed by atoms with Crippen molar-refractivity contribution in [1.29, 1.82) is 0 Å². The van der Waals surface area contributed by atoms with Crippen LogP contribution in [-0.2, 0) is 6.54 Å². The molecule has 0 saturated heterocycles. The van der Waals surface area contributed by atoms with Gasteiger partial charge in [-0.05, 0) is 48.0 Å². The summed E-state index contributed by atoms with van der Waals surface area (Å²) in [6.45, 7) is 0.273. The fourth-order valence-corrected chi connectivity index (χ4v) is 3.05. The van der Waals surface area contributed by atoms with Crippen LogP contribution in [0.25, 0.3) is 10.9 Å². The summed E-state index contributed by atoms with van der Waals surface area (Å²) in [6.07, 6.45) is 1.58.